The summed E-state index contributed by atoms with van der Waals surface area (Å²) >= 11 is 6.06. The Kier molecular flexibility index (Phi) is 10.4. The minimum absolute atomic E-state index is 0.0733. The molecule has 0 aliphatic carbocycles. The van der Waals surface area contributed by atoms with Crippen LogP contribution in [-0.2, 0) is 26.2 Å². The first-order valence-corrected chi connectivity index (χ1v) is 15.2. The predicted molar refractivity (Wildman–Crippen MR) is 161 cm³/mol. The van der Waals surface area contributed by atoms with E-state index in [1.165, 1.54) is 4.90 Å². The van der Waals surface area contributed by atoms with Crippen molar-refractivity contribution in [3.05, 3.63) is 94.0 Å². The van der Waals surface area contributed by atoms with E-state index in [0.29, 0.717) is 16.3 Å². The number of aryl methyl sites for hydroxylation is 3. The number of nitrogens with one attached hydrogen (secondary N) is 1. The monoisotopic (exact) mass is 583 g/mol. The predicted octanol–water partition coefficient (Wildman–Crippen LogP) is 5.79. The van der Waals surface area contributed by atoms with E-state index in [2.05, 4.69) is 5.32 Å². The van der Waals surface area contributed by atoms with Gasteiger partial charge in [-0.15, -0.1) is 0 Å². The maximum Gasteiger partial charge on any atom is 0.264 e. The highest BCUT2D eigenvalue weighted by Crippen LogP contribution is 2.29. The van der Waals surface area contributed by atoms with E-state index in [-0.39, 0.29) is 23.4 Å². The van der Waals surface area contributed by atoms with Crippen molar-refractivity contribution in [2.45, 2.75) is 71.5 Å². The van der Waals surface area contributed by atoms with E-state index in [1.54, 1.807) is 61.5 Å². The van der Waals surface area contributed by atoms with Crippen LogP contribution >= 0.6 is 11.6 Å². The van der Waals surface area contributed by atoms with Gasteiger partial charge in [-0.2, -0.15) is 0 Å². The molecule has 0 radical (unpaired) electrons. The summed E-state index contributed by atoms with van der Waals surface area (Å²) in [7, 11) is -4.12. The van der Waals surface area contributed by atoms with Gasteiger partial charge in [0.1, 0.15) is 12.6 Å². The summed E-state index contributed by atoms with van der Waals surface area (Å²) in [6.07, 6.45) is 0.735. The third kappa shape index (κ3) is 7.64. The van der Waals surface area contributed by atoms with Crippen LogP contribution < -0.4 is 9.62 Å². The molecule has 0 aliphatic heterocycles. The van der Waals surface area contributed by atoms with Crippen LogP contribution in [0.5, 0.6) is 0 Å². The van der Waals surface area contributed by atoms with Crippen LogP contribution in [0.15, 0.2) is 71.6 Å². The minimum Gasteiger partial charge on any atom is -0.352 e. The lowest BCUT2D eigenvalue weighted by Crippen LogP contribution is -2.52. The number of carbonyl (C=O) groups excluding carboxylic acids is 2. The van der Waals surface area contributed by atoms with Gasteiger partial charge in [0.05, 0.1) is 10.6 Å². The minimum atomic E-state index is -4.12. The quantitative estimate of drug-likeness (QED) is 0.309. The Hall–Kier alpha value is -3.36. The number of hydrogen-bond acceptors (Lipinski definition) is 4. The van der Waals surface area contributed by atoms with Crippen LogP contribution in [0.4, 0.5) is 5.69 Å². The van der Waals surface area contributed by atoms with E-state index in [1.807, 2.05) is 46.8 Å². The molecule has 0 spiro atoms. The fourth-order valence-corrected chi connectivity index (χ4v) is 5.77. The van der Waals surface area contributed by atoms with Crippen molar-refractivity contribution in [1.82, 2.24) is 10.2 Å². The normalized spacial score (nSPS) is 12.9. The van der Waals surface area contributed by atoms with E-state index in [0.717, 1.165) is 27.4 Å². The van der Waals surface area contributed by atoms with Crippen LogP contribution in [0.2, 0.25) is 5.02 Å². The van der Waals surface area contributed by atoms with Crippen LogP contribution in [0.25, 0.3) is 0 Å². The summed E-state index contributed by atoms with van der Waals surface area (Å²) in [5.74, 6) is -0.810. The number of amides is 2. The Bertz CT molecular complexity index is 1440. The van der Waals surface area contributed by atoms with Gasteiger partial charge in [0.15, 0.2) is 0 Å². The van der Waals surface area contributed by atoms with Crippen LogP contribution in [-0.4, -0.2) is 43.8 Å². The first kappa shape index (κ1) is 31.2. The van der Waals surface area contributed by atoms with Crippen molar-refractivity contribution >= 4 is 39.1 Å². The molecule has 1 N–H and O–H groups in total. The molecule has 0 heterocycles. The lowest BCUT2D eigenvalue weighted by molar-refractivity contribution is -0.139. The fourth-order valence-electron chi connectivity index (χ4n) is 4.17. The number of sulfonamides is 1. The maximum atomic E-state index is 14.0. The second kappa shape index (κ2) is 13.3. The average molecular weight is 584 g/mol. The molecule has 3 aromatic carbocycles. The van der Waals surface area contributed by atoms with Gasteiger partial charge in [-0.25, -0.2) is 8.42 Å². The smallest absolute Gasteiger partial charge is 0.264 e. The Morgan fingerprint density at radius 1 is 0.900 bits per heavy atom. The van der Waals surface area contributed by atoms with Crippen molar-refractivity contribution in [2.75, 3.05) is 10.8 Å². The topological polar surface area (TPSA) is 86.8 Å². The number of carbonyl (C=O) groups is 2. The molecular formula is C31H38ClN3O4S. The van der Waals surface area contributed by atoms with Gasteiger partial charge in [-0.05, 0) is 88.1 Å². The first-order valence-electron chi connectivity index (χ1n) is 13.3. The second-order valence-corrected chi connectivity index (χ2v) is 12.6. The molecule has 9 heteroatoms. The molecule has 0 bridgehead atoms. The highest BCUT2D eigenvalue weighted by atomic mass is 35.5. The van der Waals surface area contributed by atoms with E-state index in [4.69, 9.17) is 11.6 Å². The van der Waals surface area contributed by atoms with Crippen molar-refractivity contribution in [2.24, 2.45) is 0 Å². The fraction of sp³-hybridized carbons (Fsp3) is 0.355. The van der Waals surface area contributed by atoms with Gasteiger partial charge in [0.2, 0.25) is 11.8 Å². The Balaban J connectivity index is 2.06. The maximum absolute atomic E-state index is 14.0. The molecule has 0 saturated carbocycles. The molecule has 214 valence electrons. The number of anilines is 1. The van der Waals surface area contributed by atoms with Crippen molar-refractivity contribution in [3.63, 3.8) is 0 Å². The average Bonchev–Trinajstić information content (AvgIpc) is 2.92. The number of hydrogen-bond donors (Lipinski definition) is 1. The zero-order valence-electron chi connectivity index (χ0n) is 23.9. The molecule has 2 amide bonds. The van der Waals surface area contributed by atoms with Crippen LogP contribution in [0.3, 0.4) is 0 Å². The molecule has 0 fully saturated rings. The van der Waals surface area contributed by atoms with Gasteiger partial charge < -0.3 is 10.2 Å². The lowest BCUT2D eigenvalue weighted by Gasteiger charge is -2.33. The van der Waals surface area contributed by atoms with Gasteiger partial charge in [-0.1, -0.05) is 60.5 Å². The largest absolute Gasteiger partial charge is 0.352 e. The number of rotatable bonds is 11. The molecule has 0 saturated heterocycles. The van der Waals surface area contributed by atoms with E-state index < -0.39 is 28.5 Å². The van der Waals surface area contributed by atoms with E-state index >= 15 is 0 Å². The standard InChI is InChI=1S/C31H38ClN3O4S/c1-7-24(5)33-31(37)25(6)34(19-26-12-14-27(32)15-13-26)30(36)20-35(29-18-22(3)8-11-23(29)4)40(38,39)28-16-9-21(2)10-17-28/h8-18,24-25H,7,19-20H2,1-6H3,(H,33,37)/t24-,25+/m0/s1. The highest BCUT2D eigenvalue weighted by molar-refractivity contribution is 7.92. The summed E-state index contributed by atoms with van der Waals surface area (Å²) in [6, 6.07) is 18.1. The van der Waals surface area contributed by atoms with Gasteiger partial charge in [0.25, 0.3) is 10.0 Å². The van der Waals surface area contributed by atoms with Gasteiger partial charge in [-0.3, -0.25) is 13.9 Å². The second-order valence-electron chi connectivity index (χ2n) is 10.3. The third-order valence-corrected chi connectivity index (χ3v) is 8.98. The summed E-state index contributed by atoms with van der Waals surface area (Å²) in [6.45, 7) is 10.7. The van der Waals surface area contributed by atoms with Gasteiger partial charge >= 0.3 is 0 Å². The molecule has 0 unspecified atom stereocenters. The molecule has 0 aliphatic rings. The van der Waals surface area contributed by atoms with Crippen molar-refractivity contribution in [1.29, 1.82) is 0 Å². The Labute approximate surface area is 243 Å². The molecular weight excluding hydrogens is 546 g/mol. The summed E-state index contributed by atoms with van der Waals surface area (Å²) in [5.41, 5.74) is 3.67. The zero-order chi connectivity index (χ0) is 29.6. The van der Waals surface area contributed by atoms with Crippen molar-refractivity contribution < 1.29 is 18.0 Å². The molecule has 2 atom stereocenters. The van der Waals surface area contributed by atoms with Crippen molar-refractivity contribution in [3.8, 4) is 0 Å². The molecule has 40 heavy (non-hydrogen) atoms. The lowest BCUT2D eigenvalue weighted by atomic mass is 10.1. The molecule has 3 rings (SSSR count). The summed E-state index contributed by atoms with van der Waals surface area (Å²) < 4.78 is 29.2. The van der Waals surface area contributed by atoms with Crippen LogP contribution in [0.1, 0.15) is 49.4 Å². The Morgan fingerprint density at radius 3 is 2.10 bits per heavy atom. The van der Waals surface area contributed by atoms with Crippen LogP contribution in [0, 0.1) is 20.8 Å². The molecule has 7 nitrogen and oxygen atoms in total. The van der Waals surface area contributed by atoms with E-state index in [9.17, 15) is 18.0 Å². The first-order chi connectivity index (χ1) is 18.8. The summed E-state index contributed by atoms with van der Waals surface area (Å²) in [4.78, 5) is 28.7. The number of halogens is 1. The highest BCUT2D eigenvalue weighted by Gasteiger charge is 2.33. The Morgan fingerprint density at radius 2 is 1.50 bits per heavy atom. The van der Waals surface area contributed by atoms with Gasteiger partial charge in [0, 0.05) is 17.6 Å². The molecule has 3 aromatic rings. The third-order valence-electron chi connectivity index (χ3n) is 6.96. The summed E-state index contributed by atoms with van der Waals surface area (Å²) in [5, 5.41) is 3.49. The molecule has 0 aromatic heterocycles. The zero-order valence-corrected chi connectivity index (χ0v) is 25.5. The number of nitrogens with zero attached hydrogens (tertiary/aromatic N) is 2. The SMILES string of the molecule is CC[C@H](C)NC(=O)[C@@H](C)N(Cc1ccc(Cl)cc1)C(=O)CN(c1cc(C)ccc1C)S(=O)(=O)c1ccc(C)cc1. The number of benzene rings is 3.